The molecule has 3 N–H and O–H groups in total. The first-order chi connectivity index (χ1) is 16.0. The molecular weight excluding hydrogens is 428 g/mol. The molecule has 11 nitrogen and oxygen atoms in total. The zero-order valence-electron chi connectivity index (χ0n) is 17.7. The van der Waals surface area contributed by atoms with E-state index in [1.54, 1.807) is 4.90 Å². The zero-order chi connectivity index (χ0) is 23.1. The Balaban J connectivity index is 1.35. The molecule has 170 valence electrons. The first-order valence-corrected chi connectivity index (χ1v) is 10.8. The van der Waals surface area contributed by atoms with Crippen molar-refractivity contribution in [1.29, 1.82) is 0 Å². The summed E-state index contributed by atoms with van der Waals surface area (Å²) in [4.78, 5) is 57.2. The maximum Gasteiger partial charge on any atom is 0.278 e. The van der Waals surface area contributed by atoms with Crippen LogP contribution in [-0.2, 0) is 32.3 Å². The Bertz CT molecular complexity index is 1180. The summed E-state index contributed by atoms with van der Waals surface area (Å²) in [5, 5.41) is 6.23. The van der Waals surface area contributed by atoms with Gasteiger partial charge in [-0.3, -0.25) is 29.4 Å². The maximum atomic E-state index is 13.2. The van der Waals surface area contributed by atoms with E-state index in [0.717, 1.165) is 16.0 Å². The molecule has 0 bridgehead atoms. The highest BCUT2D eigenvalue weighted by atomic mass is 16.5. The van der Waals surface area contributed by atoms with Gasteiger partial charge in [0.05, 0.1) is 6.54 Å². The molecule has 11 heteroatoms. The summed E-state index contributed by atoms with van der Waals surface area (Å²) in [5.74, 6) is -1.30. The van der Waals surface area contributed by atoms with Crippen molar-refractivity contribution in [3.63, 3.8) is 0 Å². The van der Waals surface area contributed by atoms with Gasteiger partial charge in [0, 0.05) is 30.6 Å². The van der Waals surface area contributed by atoms with Gasteiger partial charge in [-0.1, -0.05) is 29.4 Å². The van der Waals surface area contributed by atoms with Crippen molar-refractivity contribution in [3.8, 4) is 11.4 Å². The third-order valence-corrected chi connectivity index (χ3v) is 6.12. The quantitative estimate of drug-likeness (QED) is 0.609. The molecule has 1 atom stereocenters. The van der Waals surface area contributed by atoms with E-state index < -0.39 is 29.7 Å². The second-order valence-corrected chi connectivity index (χ2v) is 8.21. The van der Waals surface area contributed by atoms with Crippen LogP contribution in [0.2, 0.25) is 0 Å². The van der Waals surface area contributed by atoms with E-state index in [4.69, 9.17) is 10.3 Å². The highest BCUT2D eigenvalue weighted by Gasteiger charge is 2.48. The van der Waals surface area contributed by atoms with Crippen LogP contribution in [0.5, 0.6) is 0 Å². The zero-order valence-corrected chi connectivity index (χ0v) is 17.7. The lowest BCUT2D eigenvalue weighted by Gasteiger charge is -2.29. The van der Waals surface area contributed by atoms with E-state index in [-0.39, 0.29) is 25.1 Å². The van der Waals surface area contributed by atoms with Gasteiger partial charge in [0.15, 0.2) is 0 Å². The molecule has 1 aromatic heterocycles. The normalized spacial score (nSPS) is 21.1. The Labute approximate surface area is 188 Å². The second kappa shape index (κ2) is 8.24. The van der Waals surface area contributed by atoms with E-state index in [1.165, 1.54) is 0 Å². The molecule has 2 aromatic rings. The molecule has 4 amide bonds. The monoisotopic (exact) mass is 450 g/mol. The molecule has 3 aliphatic heterocycles. The van der Waals surface area contributed by atoms with Gasteiger partial charge in [-0.25, -0.2) is 0 Å². The summed E-state index contributed by atoms with van der Waals surface area (Å²) in [5.41, 5.74) is 8.04. The number of amides is 4. The van der Waals surface area contributed by atoms with Gasteiger partial charge in [-0.2, -0.15) is 4.98 Å². The van der Waals surface area contributed by atoms with Crippen LogP contribution in [0.1, 0.15) is 37.1 Å². The van der Waals surface area contributed by atoms with Crippen molar-refractivity contribution >= 4 is 23.6 Å². The van der Waals surface area contributed by atoms with Gasteiger partial charge in [-0.15, -0.1) is 0 Å². The van der Waals surface area contributed by atoms with Gasteiger partial charge >= 0.3 is 0 Å². The molecular formula is C22H22N6O5. The number of rotatable bonds is 5. The van der Waals surface area contributed by atoms with Gasteiger partial charge in [0.25, 0.3) is 11.8 Å². The first kappa shape index (κ1) is 21.0. The van der Waals surface area contributed by atoms with Gasteiger partial charge < -0.3 is 15.2 Å². The third-order valence-electron chi connectivity index (χ3n) is 6.12. The van der Waals surface area contributed by atoms with Crippen LogP contribution in [0, 0.1) is 0 Å². The fraction of sp³-hybridized carbons (Fsp3) is 0.364. The average Bonchev–Trinajstić information content (AvgIpc) is 3.38. The Hall–Kier alpha value is -3.86. The number of imide groups is 2. The summed E-state index contributed by atoms with van der Waals surface area (Å²) in [6.07, 6.45) is 1.32. The van der Waals surface area contributed by atoms with Crippen LogP contribution in [-0.4, -0.2) is 56.2 Å². The van der Waals surface area contributed by atoms with Crippen molar-refractivity contribution in [2.45, 2.75) is 44.8 Å². The molecule has 0 aliphatic carbocycles. The van der Waals surface area contributed by atoms with E-state index in [9.17, 15) is 19.2 Å². The van der Waals surface area contributed by atoms with E-state index in [1.807, 2.05) is 24.3 Å². The summed E-state index contributed by atoms with van der Waals surface area (Å²) in [7, 11) is 0. The molecule has 1 unspecified atom stereocenters. The summed E-state index contributed by atoms with van der Waals surface area (Å²) in [6.45, 7) is 1.13. The number of piperidine rings is 1. The first-order valence-electron chi connectivity index (χ1n) is 10.8. The Morgan fingerprint density at radius 1 is 1.09 bits per heavy atom. The van der Waals surface area contributed by atoms with Gasteiger partial charge in [0.1, 0.15) is 11.7 Å². The molecule has 1 aromatic carbocycles. The van der Waals surface area contributed by atoms with Crippen LogP contribution in [0.3, 0.4) is 0 Å². The average molecular weight is 450 g/mol. The Morgan fingerprint density at radius 3 is 2.61 bits per heavy atom. The standard InChI is InChI=1S/C22H22N6O5/c23-10-12-3-5-13(6-4-12)19-25-17(33-26-19)11-27-9-1-2-14-18(27)22(32)28(21(14)31)15-7-8-16(29)24-20(15)30/h3-6,15H,1-2,7-11,23H2,(H,24,29,30). The minimum atomic E-state index is -0.985. The predicted octanol–water partition coefficient (Wildman–Crippen LogP) is 0.219. The highest BCUT2D eigenvalue weighted by molar-refractivity contribution is 6.21. The Kier molecular flexibility index (Phi) is 5.25. The molecule has 1 saturated heterocycles. The number of benzene rings is 1. The van der Waals surface area contributed by atoms with Crippen molar-refractivity contribution in [1.82, 2.24) is 25.3 Å². The maximum absolute atomic E-state index is 13.2. The molecule has 0 radical (unpaired) electrons. The topological polar surface area (TPSA) is 152 Å². The van der Waals surface area contributed by atoms with Crippen LogP contribution in [0.25, 0.3) is 11.4 Å². The number of aromatic nitrogens is 2. The molecule has 5 rings (SSSR count). The highest BCUT2D eigenvalue weighted by Crippen LogP contribution is 2.34. The summed E-state index contributed by atoms with van der Waals surface area (Å²) >= 11 is 0. The lowest BCUT2D eigenvalue weighted by molar-refractivity contribution is -0.150. The Morgan fingerprint density at radius 2 is 1.88 bits per heavy atom. The van der Waals surface area contributed by atoms with E-state index in [0.29, 0.717) is 43.2 Å². The van der Waals surface area contributed by atoms with Crippen LogP contribution >= 0.6 is 0 Å². The smallest absolute Gasteiger partial charge is 0.278 e. The third kappa shape index (κ3) is 3.69. The lowest BCUT2D eigenvalue weighted by atomic mass is 10.0. The van der Waals surface area contributed by atoms with E-state index in [2.05, 4.69) is 15.5 Å². The molecule has 0 spiro atoms. The number of nitrogens with one attached hydrogen (secondary N) is 1. The molecule has 1 fully saturated rings. The fourth-order valence-corrected chi connectivity index (χ4v) is 4.45. The van der Waals surface area contributed by atoms with Crippen LogP contribution in [0.4, 0.5) is 0 Å². The van der Waals surface area contributed by atoms with Crippen molar-refractivity contribution in [3.05, 3.63) is 47.0 Å². The van der Waals surface area contributed by atoms with E-state index >= 15 is 0 Å². The van der Waals surface area contributed by atoms with Crippen LogP contribution in [0.15, 0.2) is 40.1 Å². The number of hydrogen-bond acceptors (Lipinski definition) is 9. The van der Waals surface area contributed by atoms with Crippen molar-refractivity contribution < 1.29 is 23.7 Å². The van der Waals surface area contributed by atoms with Crippen molar-refractivity contribution in [2.75, 3.05) is 6.54 Å². The fourth-order valence-electron chi connectivity index (χ4n) is 4.45. The lowest BCUT2D eigenvalue weighted by Crippen LogP contribution is -2.55. The van der Waals surface area contributed by atoms with Gasteiger partial charge in [0.2, 0.25) is 23.5 Å². The number of carbonyl (C=O) groups is 4. The number of carbonyl (C=O) groups excluding carboxylic acids is 4. The molecule has 4 heterocycles. The molecule has 3 aliphatic rings. The molecule has 33 heavy (non-hydrogen) atoms. The largest absolute Gasteiger partial charge is 0.357 e. The predicted molar refractivity (Wildman–Crippen MR) is 112 cm³/mol. The van der Waals surface area contributed by atoms with Crippen LogP contribution < -0.4 is 11.1 Å². The summed E-state index contributed by atoms with van der Waals surface area (Å²) in [6, 6.07) is 6.51. The number of nitrogens with zero attached hydrogens (tertiary/aromatic N) is 4. The number of nitrogens with two attached hydrogens (primary N) is 1. The number of hydrogen-bond donors (Lipinski definition) is 2. The minimum Gasteiger partial charge on any atom is -0.357 e. The summed E-state index contributed by atoms with van der Waals surface area (Å²) < 4.78 is 5.40. The molecule has 0 saturated carbocycles. The minimum absolute atomic E-state index is 0.0822. The second-order valence-electron chi connectivity index (χ2n) is 8.21. The SMILES string of the molecule is NCc1ccc(-c2noc(CN3CCCC4=C3C(=O)N(C3CCC(=O)NC3=O)C4=O)n2)cc1. The van der Waals surface area contributed by atoms with Crippen molar-refractivity contribution in [2.24, 2.45) is 5.73 Å². The van der Waals surface area contributed by atoms with Gasteiger partial charge in [-0.05, 0) is 24.8 Å².